The zero-order chi connectivity index (χ0) is 31.7. The summed E-state index contributed by atoms with van der Waals surface area (Å²) in [5, 5.41) is 19.2. The maximum Gasteiger partial charge on any atom is 0.159 e. The van der Waals surface area contributed by atoms with Gasteiger partial charge in [-0.2, -0.15) is 5.26 Å². The molecule has 232 valence electrons. The zero-order valence-corrected chi connectivity index (χ0v) is 25.7. The van der Waals surface area contributed by atoms with Crippen molar-refractivity contribution in [2.24, 2.45) is 0 Å². The number of hydrazine groups is 2. The number of fused-ring (bicyclic) bond motifs is 1. The van der Waals surface area contributed by atoms with E-state index in [9.17, 15) is 18.4 Å². The Morgan fingerprint density at radius 3 is 2.47 bits per heavy atom. The molecule has 3 heterocycles. The first-order chi connectivity index (χ1) is 21.7. The highest BCUT2D eigenvalue weighted by Gasteiger charge is 2.29. The lowest BCUT2D eigenvalue weighted by atomic mass is 10.0. The number of nitrogens with zero attached hydrogens (tertiary/aromatic N) is 4. The normalized spacial score (nSPS) is 16.3. The van der Waals surface area contributed by atoms with Gasteiger partial charge in [0.1, 0.15) is 11.9 Å². The van der Waals surface area contributed by atoms with Crippen LogP contribution in [-0.2, 0) is 0 Å². The third-order valence-electron chi connectivity index (χ3n) is 8.14. The summed E-state index contributed by atoms with van der Waals surface area (Å²) in [5.41, 5.74) is 9.59. The van der Waals surface area contributed by atoms with E-state index in [0.29, 0.717) is 44.2 Å². The SMILES string of the molecule is CCN1CCC(N2C=C(C(Nc3cc(Cl)c4ncc(C#N)c(Nc5ccc(F)c(Cl)c5)c4c3)c3ccc(F)c(F)c3)NN2)CC1. The molecule has 0 bridgehead atoms. The molecule has 1 unspecified atom stereocenters. The summed E-state index contributed by atoms with van der Waals surface area (Å²) in [6.07, 6.45) is 5.28. The van der Waals surface area contributed by atoms with Crippen LogP contribution >= 0.6 is 23.2 Å². The van der Waals surface area contributed by atoms with Crippen molar-refractivity contribution in [3.05, 3.63) is 105 Å². The van der Waals surface area contributed by atoms with E-state index >= 15 is 0 Å². The van der Waals surface area contributed by atoms with Crippen LogP contribution in [0.4, 0.5) is 30.2 Å². The lowest BCUT2D eigenvalue weighted by Gasteiger charge is -2.35. The monoisotopic (exact) mass is 652 g/mol. The van der Waals surface area contributed by atoms with Crippen molar-refractivity contribution in [3.8, 4) is 6.07 Å². The third kappa shape index (κ3) is 6.46. The highest BCUT2D eigenvalue weighted by Crippen LogP contribution is 2.37. The molecule has 3 aromatic carbocycles. The van der Waals surface area contributed by atoms with E-state index in [4.69, 9.17) is 23.2 Å². The van der Waals surface area contributed by atoms with E-state index in [1.54, 1.807) is 12.1 Å². The molecule has 1 saturated heterocycles. The van der Waals surface area contributed by atoms with Crippen LogP contribution in [0.2, 0.25) is 10.0 Å². The van der Waals surface area contributed by atoms with Gasteiger partial charge in [0.15, 0.2) is 11.6 Å². The smallest absolute Gasteiger partial charge is 0.159 e. The van der Waals surface area contributed by atoms with Crippen LogP contribution in [0.15, 0.2) is 66.6 Å². The number of hydrogen-bond acceptors (Lipinski definition) is 8. The zero-order valence-electron chi connectivity index (χ0n) is 24.1. The van der Waals surface area contributed by atoms with Crippen molar-refractivity contribution < 1.29 is 13.2 Å². The highest BCUT2D eigenvalue weighted by atomic mass is 35.5. The molecule has 8 nitrogen and oxygen atoms in total. The number of halogens is 5. The molecule has 6 rings (SSSR count). The van der Waals surface area contributed by atoms with E-state index < -0.39 is 23.5 Å². The molecule has 0 aliphatic carbocycles. The molecular formula is C32H29Cl2F3N8. The second kappa shape index (κ2) is 13.0. The van der Waals surface area contributed by atoms with Crippen LogP contribution in [0.1, 0.15) is 36.9 Å². The standard InChI is InChI=1S/C32H29Cl2F3N8/c1-2-44-9-7-22(8-10-44)45-17-29(42-43-45)31(18-3-5-27(36)28(37)11-18)41-21-12-23-30(40-20-4-6-26(35)24(33)13-20)19(15-38)16-39-32(23)25(34)14-21/h3-6,11-14,16-17,22,31,41-43H,2,7-10H2,1H3,(H,39,40). The van der Waals surface area contributed by atoms with Crippen molar-refractivity contribution in [1.82, 2.24) is 25.9 Å². The van der Waals surface area contributed by atoms with E-state index in [2.05, 4.69) is 44.5 Å². The molecule has 1 aromatic heterocycles. The first kappa shape index (κ1) is 30.8. The molecule has 0 saturated carbocycles. The minimum absolute atomic E-state index is 0.0810. The fourth-order valence-electron chi connectivity index (χ4n) is 5.68. The number of aromatic nitrogens is 1. The predicted octanol–water partition coefficient (Wildman–Crippen LogP) is 7.38. The number of piperidine rings is 1. The molecule has 0 spiro atoms. The number of hydrogen-bond donors (Lipinski definition) is 4. The first-order valence-electron chi connectivity index (χ1n) is 14.4. The van der Waals surface area contributed by atoms with Gasteiger partial charge in [0.25, 0.3) is 0 Å². The third-order valence-corrected chi connectivity index (χ3v) is 8.72. The van der Waals surface area contributed by atoms with Crippen LogP contribution in [-0.4, -0.2) is 40.6 Å². The summed E-state index contributed by atoms with van der Waals surface area (Å²) < 4.78 is 42.3. The van der Waals surface area contributed by atoms with Gasteiger partial charge in [0.05, 0.1) is 38.6 Å². The summed E-state index contributed by atoms with van der Waals surface area (Å²) in [6, 6.07) is 13.1. The summed E-state index contributed by atoms with van der Waals surface area (Å²) in [7, 11) is 0. The van der Waals surface area contributed by atoms with Crippen LogP contribution in [0, 0.1) is 28.8 Å². The van der Waals surface area contributed by atoms with Crippen LogP contribution in [0.25, 0.3) is 10.9 Å². The number of rotatable bonds is 8. The Morgan fingerprint density at radius 2 is 1.76 bits per heavy atom. The van der Waals surface area contributed by atoms with Gasteiger partial charge in [-0.25, -0.2) is 13.2 Å². The second-order valence-electron chi connectivity index (χ2n) is 10.9. The maximum atomic E-state index is 14.5. The first-order valence-corrected chi connectivity index (χ1v) is 15.2. The molecule has 45 heavy (non-hydrogen) atoms. The Kier molecular flexibility index (Phi) is 8.92. The number of nitriles is 1. The van der Waals surface area contributed by atoms with Crippen LogP contribution < -0.4 is 21.6 Å². The Bertz CT molecular complexity index is 1820. The highest BCUT2D eigenvalue weighted by molar-refractivity contribution is 6.36. The minimum Gasteiger partial charge on any atom is -0.373 e. The lowest BCUT2D eigenvalue weighted by Crippen LogP contribution is -2.48. The van der Waals surface area contributed by atoms with Crippen molar-refractivity contribution in [2.75, 3.05) is 30.3 Å². The fourth-order valence-corrected chi connectivity index (χ4v) is 6.13. The summed E-state index contributed by atoms with van der Waals surface area (Å²) >= 11 is 12.7. The summed E-state index contributed by atoms with van der Waals surface area (Å²) in [6.45, 7) is 5.14. The minimum atomic E-state index is -0.974. The maximum absolute atomic E-state index is 14.5. The Balaban J connectivity index is 1.38. The molecule has 4 N–H and O–H groups in total. The number of pyridine rings is 1. The predicted molar refractivity (Wildman–Crippen MR) is 170 cm³/mol. The van der Waals surface area contributed by atoms with Crippen molar-refractivity contribution >= 4 is 51.2 Å². The Morgan fingerprint density at radius 1 is 1.00 bits per heavy atom. The van der Waals surface area contributed by atoms with Crippen LogP contribution in [0.5, 0.6) is 0 Å². The largest absolute Gasteiger partial charge is 0.373 e. The molecule has 0 amide bonds. The van der Waals surface area contributed by atoms with Gasteiger partial charge >= 0.3 is 0 Å². The molecule has 2 aliphatic rings. The molecular weight excluding hydrogens is 624 g/mol. The van der Waals surface area contributed by atoms with Gasteiger partial charge in [0, 0.05) is 48.3 Å². The van der Waals surface area contributed by atoms with E-state index in [1.807, 2.05) is 11.2 Å². The Hall–Kier alpha value is -4.21. The van der Waals surface area contributed by atoms with Gasteiger partial charge in [0.2, 0.25) is 0 Å². The second-order valence-corrected chi connectivity index (χ2v) is 11.7. The average Bonchev–Trinajstić information content (AvgIpc) is 3.53. The van der Waals surface area contributed by atoms with Gasteiger partial charge in [-0.3, -0.25) is 9.99 Å². The van der Waals surface area contributed by atoms with Crippen molar-refractivity contribution in [2.45, 2.75) is 31.8 Å². The van der Waals surface area contributed by atoms with Gasteiger partial charge in [-0.05, 0) is 67.4 Å². The van der Waals surface area contributed by atoms with Gasteiger partial charge in [-0.15, -0.1) is 5.53 Å². The fraction of sp³-hybridized carbons (Fsp3) is 0.250. The quantitative estimate of drug-likeness (QED) is 0.157. The molecule has 0 radical (unpaired) electrons. The number of benzene rings is 3. The van der Waals surface area contributed by atoms with E-state index in [1.165, 1.54) is 30.5 Å². The van der Waals surface area contributed by atoms with E-state index in [0.717, 1.165) is 44.6 Å². The average molecular weight is 654 g/mol. The summed E-state index contributed by atoms with van der Waals surface area (Å²) in [5.74, 6) is -2.50. The molecule has 4 aromatic rings. The summed E-state index contributed by atoms with van der Waals surface area (Å²) in [4.78, 5) is 6.80. The van der Waals surface area contributed by atoms with E-state index in [-0.39, 0.29) is 16.6 Å². The van der Waals surface area contributed by atoms with Crippen molar-refractivity contribution in [3.63, 3.8) is 0 Å². The topological polar surface area (TPSA) is 91.3 Å². The number of nitrogens with one attached hydrogen (secondary N) is 4. The van der Waals surface area contributed by atoms with Crippen molar-refractivity contribution in [1.29, 1.82) is 5.26 Å². The van der Waals surface area contributed by atoms with Crippen LogP contribution in [0.3, 0.4) is 0 Å². The molecule has 1 fully saturated rings. The Labute approximate surface area is 268 Å². The molecule has 13 heteroatoms. The van der Waals surface area contributed by atoms with Gasteiger partial charge in [-0.1, -0.05) is 36.2 Å². The lowest BCUT2D eigenvalue weighted by molar-refractivity contribution is 0.112. The van der Waals surface area contributed by atoms with Gasteiger partial charge < -0.3 is 21.0 Å². The number of anilines is 3. The molecule has 2 aliphatic heterocycles. The number of likely N-dealkylation sites (tertiary alicyclic amines) is 1. The molecule has 1 atom stereocenters.